The average Bonchev–Trinajstić information content (AvgIpc) is 2.88. The molecule has 3 rings (SSSR count). The normalized spacial score (nSPS) is 12.3. The third-order valence-electron chi connectivity index (χ3n) is 3.31. The summed E-state index contributed by atoms with van der Waals surface area (Å²) in [4.78, 5) is 4.51. The smallest absolute Gasteiger partial charge is 0.184 e. The third-order valence-corrected chi connectivity index (χ3v) is 4.26. The van der Waals surface area contributed by atoms with Gasteiger partial charge >= 0.3 is 0 Å². The van der Waals surface area contributed by atoms with Gasteiger partial charge in [-0.15, -0.1) is 0 Å². The fourth-order valence-corrected chi connectivity index (χ4v) is 3.16. The highest BCUT2D eigenvalue weighted by molar-refractivity contribution is 7.22. The molecule has 0 radical (unpaired) electrons. The second-order valence-corrected chi connectivity index (χ2v) is 5.77. The molecule has 0 amide bonds. The molecule has 0 aliphatic carbocycles. The lowest BCUT2D eigenvalue weighted by molar-refractivity contribution is 0.415. The lowest BCUT2D eigenvalue weighted by Crippen LogP contribution is -2.08. The fraction of sp³-hybridized carbons (Fsp3) is 0.188. The van der Waals surface area contributed by atoms with Crippen molar-refractivity contribution in [1.82, 2.24) is 4.98 Å². The van der Waals surface area contributed by atoms with Crippen LogP contribution in [0.5, 0.6) is 5.75 Å². The van der Waals surface area contributed by atoms with E-state index in [4.69, 9.17) is 4.74 Å². The van der Waals surface area contributed by atoms with Crippen LogP contribution in [0.3, 0.4) is 0 Å². The Hall–Kier alpha value is -2.14. The first-order valence-electron chi connectivity index (χ1n) is 6.63. The molecule has 1 unspecified atom stereocenters. The molecule has 108 valence electrons. The first-order chi connectivity index (χ1) is 10.2. The Balaban J connectivity index is 1.86. The maximum absolute atomic E-state index is 13.8. The van der Waals surface area contributed by atoms with Crippen molar-refractivity contribution in [1.29, 1.82) is 0 Å². The Bertz CT molecular complexity index is 772. The number of aromatic nitrogens is 1. The highest BCUT2D eigenvalue weighted by atomic mass is 32.1. The van der Waals surface area contributed by atoms with Crippen molar-refractivity contribution in [2.75, 3.05) is 12.4 Å². The summed E-state index contributed by atoms with van der Waals surface area (Å²) < 4.78 is 20.0. The van der Waals surface area contributed by atoms with E-state index in [-0.39, 0.29) is 11.9 Å². The van der Waals surface area contributed by atoms with Gasteiger partial charge in [-0.1, -0.05) is 29.5 Å². The molecular formula is C16H15FN2OS. The Labute approximate surface area is 126 Å². The molecule has 3 nitrogen and oxygen atoms in total. The third kappa shape index (κ3) is 2.83. The zero-order chi connectivity index (χ0) is 14.8. The van der Waals surface area contributed by atoms with Crippen molar-refractivity contribution in [2.45, 2.75) is 13.0 Å². The fourth-order valence-electron chi connectivity index (χ4n) is 2.18. The predicted octanol–water partition coefficient (Wildman–Crippen LogP) is 4.62. The van der Waals surface area contributed by atoms with Gasteiger partial charge in [-0.05, 0) is 31.2 Å². The van der Waals surface area contributed by atoms with Crippen LogP contribution < -0.4 is 10.1 Å². The van der Waals surface area contributed by atoms with Gasteiger partial charge in [0, 0.05) is 5.56 Å². The Morgan fingerprint density at radius 2 is 2.05 bits per heavy atom. The van der Waals surface area contributed by atoms with E-state index in [9.17, 15) is 4.39 Å². The first-order valence-corrected chi connectivity index (χ1v) is 7.44. The van der Waals surface area contributed by atoms with Gasteiger partial charge in [-0.2, -0.15) is 0 Å². The molecule has 0 saturated carbocycles. The van der Waals surface area contributed by atoms with Gasteiger partial charge in [0.25, 0.3) is 0 Å². The van der Waals surface area contributed by atoms with Gasteiger partial charge in [0.05, 0.1) is 23.4 Å². The van der Waals surface area contributed by atoms with Gasteiger partial charge in [0.1, 0.15) is 11.6 Å². The second kappa shape index (κ2) is 5.69. The number of thiazole rings is 1. The van der Waals surface area contributed by atoms with Crippen LogP contribution in [0.1, 0.15) is 18.5 Å². The van der Waals surface area contributed by atoms with Crippen molar-refractivity contribution < 1.29 is 9.13 Å². The van der Waals surface area contributed by atoms with E-state index in [1.54, 1.807) is 19.2 Å². The van der Waals surface area contributed by atoms with Crippen molar-refractivity contribution in [2.24, 2.45) is 0 Å². The number of hydrogen-bond acceptors (Lipinski definition) is 4. The number of benzene rings is 2. The number of nitrogens with one attached hydrogen (secondary N) is 1. The van der Waals surface area contributed by atoms with Crippen LogP contribution in [0.15, 0.2) is 42.5 Å². The van der Waals surface area contributed by atoms with Gasteiger partial charge < -0.3 is 10.1 Å². The van der Waals surface area contributed by atoms with Crippen molar-refractivity contribution in [3.63, 3.8) is 0 Å². The number of hydrogen-bond donors (Lipinski definition) is 1. The molecule has 1 atom stereocenters. The lowest BCUT2D eigenvalue weighted by Gasteiger charge is -2.13. The molecule has 0 bridgehead atoms. The molecule has 3 aromatic rings. The van der Waals surface area contributed by atoms with Crippen LogP contribution in [-0.2, 0) is 0 Å². The zero-order valence-corrected chi connectivity index (χ0v) is 12.6. The number of nitrogens with zero attached hydrogens (tertiary/aromatic N) is 1. The van der Waals surface area contributed by atoms with Gasteiger partial charge in [-0.25, -0.2) is 9.37 Å². The first kappa shape index (κ1) is 13.8. The molecule has 0 spiro atoms. The molecule has 0 aliphatic rings. The SMILES string of the molecule is COc1ccc2nc(NC(C)c3ccccc3F)sc2c1. The standard InChI is InChI=1S/C16H15FN2OS/c1-10(12-5-3-4-6-13(12)17)18-16-19-14-8-7-11(20-2)9-15(14)21-16/h3-10H,1-2H3,(H,18,19). The molecule has 1 N–H and O–H groups in total. The Morgan fingerprint density at radius 3 is 2.81 bits per heavy atom. The van der Waals surface area contributed by atoms with E-state index in [0.717, 1.165) is 21.1 Å². The van der Waals surface area contributed by atoms with Crippen LogP contribution in [0.25, 0.3) is 10.2 Å². The summed E-state index contributed by atoms with van der Waals surface area (Å²) in [5, 5.41) is 4.02. The minimum Gasteiger partial charge on any atom is -0.497 e. The van der Waals surface area contributed by atoms with E-state index in [1.165, 1.54) is 17.4 Å². The van der Waals surface area contributed by atoms with Crippen LogP contribution >= 0.6 is 11.3 Å². The Morgan fingerprint density at radius 1 is 1.24 bits per heavy atom. The van der Waals surface area contributed by atoms with Crippen LogP contribution in [0, 0.1) is 5.82 Å². The van der Waals surface area contributed by atoms with E-state index in [2.05, 4.69) is 10.3 Å². The molecular weight excluding hydrogens is 287 g/mol. The summed E-state index contributed by atoms with van der Waals surface area (Å²) in [6.07, 6.45) is 0. The monoisotopic (exact) mass is 302 g/mol. The van der Waals surface area contributed by atoms with Crippen molar-refractivity contribution in [3.05, 3.63) is 53.8 Å². The molecule has 0 aliphatic heterocycles. The van der Waals surface area contributed by atoms with E-state index in [0.29, 0.717) is 5.56 Å². The van der Waals surface area contributed by atoms with E-state index < -0.39 is 0 Å². The summed E-state index contributed by atoms with van der Waals surface area (Å²) in [5.41, 5.74) is 1.54. The highest BCUT2D eigenvalue weighted by Crippen LogP contribution is 2.31. The summed E-state index contributed by atoms with van der Waals surface area (Å²) in [7, 11) is 1.64. The Kier molecular flexibility index (Phi) is 3.75. The van der Waals surface area contributed by atoms with Crippen molar-refractivity contribution in [3.8, 4) is 5.75 Å². The summed E-state index contributed by atoms with van der Waals surface area (Å²) in [5.74, 6) is 0.597. The molecule has 5 heteroatoms. The van der Waals surface area contributed by atoms with E-state index in [1.807, 2.05) is 31.2 Å². The largest absolute Gasteiger partial charge is 0.497 e. The molecule has 0 saturated heterocycles. The summed E-state index contributed by atoms with van der Waals surface area (Å²) >= 11 is 1.53. The number of halogens is 1. The number of rotatable bonds is 4. The summed E-state index contributed by atoms with van der Waals surface area (Å²) in [6, 6.07) is 12.4. The molecule has 1 heterocycles. The second-order valence-electron chi connectivity index (χ2n) is 4.74. The van der Waals surface area contributed by atoms with Crippen LogP contribution in [0.4, 0.5) is 9.52 Å². The number of fused-ring (bicyclic) bond motifs is 1. The number of methoxy groups -OCH3 is 1. The molecule has 21 heavy (non-hydrogen) atoms. The topological polar surface area (TPSA) is 34.1 Å². The lowest BCUT2D eigenvalue weighted by atomic mass is 10.1. The van der Waals surface area contributed by atoms with Gasteiger partial charge in [-0.3, -0.25) is 0 Å². The highest BCUT2D eigenvalue weighted by Gasteiger charge is 2.12. The maximum Gasteiger partial charge on any atom is 0.184 e. The van der Waals surface area contributed by atoms with Gasteiger partial charge in [0.2, 0.25) is 0 Å². The van der Waals surface area contributed by atoms with Crippen molar-refractivity contribution >= 4 is 26.7 Å². The quantitative estimate of drug-likeness (QED) is 0.763. The molecule has 1 aromatic heterocycles. The van der Waals surface area contributed by atoms with Crippen LogP contribution in [-0.4, -0.2) is 12.1 Å². The zero-order valence-electron chi connectivity index (χ0n) is 11.8. The molecule has 2 aromatic carbocycles. The summed E-state index contributed by atoms with van der Waals surface area (Å²) in [6.45, 7) is 1.92. The molecule has 0 fully saturated rings. The minimum absolute atomic E-state index is 0.145. The predicted molar refractivity (Wildman–Crippen MR) is 84.6 cm³/mol. The maximum atomic E-state index is 13.8. The number of ether oxygens (including phenoxy) is 1. The minimum atomic E-state index is -0.208. The van der Waals surface area contributed by atoms with Crippen LogP contribution in [0.2, 0.25) is 0 Å². The number of anilines is 1. The van der Waals surface area contributed by atoms with Gasteiger partial charge in [0.15, 0.2) is 5.13 Å². The average molecular weight is 302 g/mol. The van der Waals surface area contributed by atoms with E-state index >= 15 is 0 Å².